The van der Waals surface area contributed by atoms with Gasteiger partial charge < -0.3 is 0 Å². The van der Waals surface area contributed by atoms with E-state index in [-0.39, 0.29) is 6.42 Å². The summed E-state index contributed by atoms with van der Waals surface area (Å²) in [6.45, 7) is -2.70. The third kappa shape index (κ3) is 2.38. The van der Waals surface area contributed by atoms with Crippen molar-refractivity contribution in [2.45, 2.75) is 18.8 Å². The van der Waals surface area contributed by atoms with Crippen molar-refractivity contribution < 1.29 is 18.5 Å². The van der Waals surface area contributed by atoms with Crippen LogP contribution in [0.3, 0.4) is 0 Å². The van der Waals surface area contributed by atoms with Crippen LogP contribution in [-0.4, -0.2) is 12.3 Å². The van der Waals surface area contributed by atoms with Gasteiger partial charge in [-0.2, -0.15) is 13.2 Å². The second-order valence-corrected chi connectivity index (χ2v) is 2.42. The van der Waals surface area contributed by atoms with Gasteiger partial charge in [0.25, 0.3) is 5.79 Å². The van der Waals surface area contributed by atoms with Gasteiger partial charge in [0.1, 0.15) is 0 Å². The summed E-state index contributed by atoms with van der Waals surface area (Å²) < 4.78 is 36.6. The lowest BCUT2D eigenvalue weighted by Gasteiger charge is -2.18. The minimum atomic E-state index is -2.70. The van der Waals surface area contributed by atoms with Crippen LogP contribution in [0.5, 0.6) is 0 Å². The van der Waals surface area contributed by atoms with Crippen molar-refractivity contribution in [1.29, 1.82) is 0 Å². The van der Waals surface area contributed by atoms with Crippen molar-refractivity contribution in [3.05, 3.63) is 24.3 Å². The molecule has 0 aliphatic heterocycles. The van der Waals surface area contributed by atoms with Crippen molar-refractivity contribution >= 4 is 0 Å². The highest BCUT2D eigenvalue weighted by atomic mass is 19.3. The summed E-state index contributed by atoms with van der Waals surface area (Å²) in [4.78, 5) is 0. The molecule has 1 aliphatic carbocycles. The molecule has 62 valence electrons. The van der Waals surface area contributed by atoms with E-state index in [1.165, 1.54) is 12.2 Å². The van der Waals surface area contributed by atoms with Crippen molar-refractivity contribution in [3.63, 3.8) is 0 Å². The zero-order valence-corrected chi connectivity index (χ0v) is 5.81. The maximum absolute atomic E-state index is 13.1. The van der Waals surface area contributed by atoms with Gasteiger partial charge in [0.15, 0.2) is 0 Å². The average Bonchev–Trinajstić information content (AvgIpc) is 1.85. The largest absolute Gasteiger partial charge is 0.380 e. The van der Waals surface area contributed by atoms with Crippen molar-refractivity contribution in [1.82, 2.24) is 0 Å². The van der Waals surface area contributed by atoms with E-state index >= 15 is 0 Å². The first kappa shape index (κ1) is 8.33. The number of nitrogens with two attached hydrogens (primary N) is 1. The predicted octanol–water partition coefficient (Wildman–Crippen LogP) is 0.954. The Bertz CT molecular complexity index is 188. The molecule has 1 aliphatic rings. The van der Waals surface area contributed by atoms with E-state index in [2.05, 4.69) is 0 Å². The molecule has 0 aromatic carbocycles. The van der Waals surface area contributed by atoms with Crippen LogP contribution in [0.1, 0.15) is 6.42 Å². The van der Waals surface area contributed by atoms with Crippen molar-refractivity contribution in [2.75, 3.05) is 0 Å². The summed E-state index contributed by atoms with van der Waals surface area (Å²) in [7, 11) is 0. The minimum absolute atomic E-state index is 0.00778. The summed E-state index contributed by atoms with van der Waals surface area (Å²) in [6.07, 6.45) is 5.74. The van der Waals surface area contributed by atoms with E-state index in [4.69, 9.17) is 0 Å². The number of rotatable bonds is 2. The Morgan fingerprint density at radius 1 is 1.36 bits per heavy atom. The van der Waals surface area contributed by atoms with E-state index in [1.54, 1.807) is 6.08 Å². The van der Waals surface area contributed by atoms with E-state index < -0.39 is 12.3 Å². The predicted molar refractivity (Wildman–Crippen MR) is 34.7 cm³/mol. The van der Waals surface area contributed by atoms with Crippen LogP contribution < -0.4 is 5.32 Å². The van der Waals surface area contributed by atoms with Gasteiger partial charge in [0.2, 0.25) is 0 Å². The average molecular weight is 164 g/mol. The van der Waals surface area contributed by atoms with Crippen LogP contribution >= 0.6 is 0 Å². The summed E-state index contributed by atoms with van der Waals surface area (Å²) in [5, 5.41) is 0.410. The zero-order chi connectivity index (χ0) is 8.32. The molecule has 1 rings (SSSR count). The number of alkyl halides is 3. The third-order valence-electron chi connectivity index (χ3n) is 1.45. The number of hydrogen-bond donors (Lipinski definition) is 1. The van der Waals surface area contributed by atoms with E-state index in [0.717, 1.165) is 6.08 Å². The van der Waals surface area contributed by atoms with Crippen LogP contribution in [0, 0.1) is 0 Å². The molecule has 1 unspecified atom stereocenters. The Balaban J connectivity index is 2.54. The maximum Gasteiger partial charge on any atom is 0.380 e. The molecule has 0 spiro atoms. The highest BCUT2D eigenvalue weighted by Crippen LogP contribution is 2.14. The normalized spacial score (nSPS) is 29.8. The molecule has 0 aromatic heterocycles. The Labute approximate surface area is 62.6 Å². The fourth-order valence-electron chi connectivity index (χ4n) is 0.944. The number of allylic oxidation sites excluding steroid dienone is 2. The smallest absolute Gasteiger partial charge is 0.253 e. The van der Waals surface area contributed by atoms with Gasteiger partial charge in [-0.3, -0.25) is 5.32 Å². The lowest BCUT2D eigenvalue weighted by Crippen LogP contribution is -2.97. The highest BCUT2D eigenvalue weighted by Gasteiger charge is 2.33. The quantitative estimate of drug-likeness (QED) is 0.585. The van der Waals surface area contributed by atoms with Crippen LogP contribution in [0.2, 0.25) is 0 Å². The molecule has 4 heteroatoms. The Hall–Kier alpha value is -0.770. The molecule has 11 heavy (non-hydrogen) atoms. The summed E-state index contributed by atoms with van der Waals surface area (Å²) >= 11 is 0. The molecule has 0 saturated carbocycles. The lowest BCUT2D eigenvalue weighted by atomic mass is 10.1. The molecule has 0 saturated heterocycles. The van der Waals surface area contributed by atoms with Gasteiger partial charge >= 0.3 is 6.55 Å². The molecule has 0 aromatic rings. The highest BCUT2D eigenvalue weighted by molar-refractivity contribution is 5.14. The molecule has 0 amide bonds. The van der Waals surface area contributed by atoms with E-state index in [9.17, 15) is 13.2 Å². The van der Waals surface area contributed by atoms with Crippen molar-refractivity contribution in [2.24, 2.45) is 0 Å². The van der Waals surface area contributed by atoms with E-state index in [0.29, 0.717) is 5.32 Å². The first-order valence-corrected chi connectivity index (χ1v) is 3.30. The zero-order valence-electron chi connectivity index (χ0n) is 5.81. The fourth-order valence-corrected chi connectivity index (χ4v) is 0.944. The van der Waals surface area contributed by atoms with Crippen LogP contribution in [-0.2, 0) is 0 Å². The molecule has 0 heterocycles. The summed E-state index contributed by atoms with van der Waals surface area (Å²) in [5.41, 5.74) is 0. The van der Waals surface area contributed by atoms with Gasteiger partial charge in [0.05, 0.1) is 6.42 Å². The first-order chi connectivity index (χ1) is 5.12. The van der Waals surface area contributed by atoms with Gasteiger partial charge in [-0.05, 0) is 0 Å². The Kier molecular flexibility index (Phi) is 2.34. The molecule has 0 bridgehead atoms. The second kappa shape index (κ2) is 3.09. The molecule has 0 radical (unpaired) electrons. The molecule has 1 nitrogen and oxygen atoms in total. The number of hydrogen-bond acceptors (Lipinski definition) is 0. The van der Waals surface area contributed by atoms with Gasteiger partial charge in [-0.15, -0.1) is 0 Å². The van der Waals surface area contributed by atoms with Gasteiger partial charge in [-0.1, -0.05) is 18.2 Å². The molecule has 1 atom stereocenters. The fraction of sp³-hybridized carbons (Fsp3) is 0.429. The maximum atomic E-state index is 13.1. The number of halogens is 3. The summed E-state index contributed by atoms with van der Waals surface area (Å²) in [5.74, 6) is -1.94. The monoisotopic (exact) mass is 164 g/mol. The summed E-state index contributed by atoms with van der Waals surface area (Å²) in [6, 6.07) is 0. The standard InChI is InChI=1S/C7H8F3N/c8-6(9)11-7(10)4-2-1-3-5-7/h1-4,6,11H,5H2/p+1. The molecular weight excluding hydrogens is 155 g/mol. The van der Waals surface area contributed by atoms with Gasteiger partial charge in [-0.25, -0.2) is 0 Å². The SMILES string of the molecule is FC(F)[NH2+]C1(F)C=CC=CC1. The Morgan fingerprint density at radius 3 is 2.55 bits per heavy atom. The molecule has 0 fully saturated rings. The molecular formula is C7H9F3N+. The van der Waals surface area contributed by atoms with Gasteiger partial charge in [0, 0.05) is 6.08 Å². The lowest BCUT2D eigenvalue weighted by molar-refractivity contribution is -0.807. The van der Waals surface area contributed by atoms with Crippen LogP contribution in [0.25, 0.3) is 0 Å². The number of quaternary nitrogens is 1. The van der Waals surface area contributed by atoms with Crippen molar-refractivity contribution in [3.8, 4) is 0 Å². The molecule has 2 N–H and O–H groups in total. The Morgan fingerprint density at radius 2 is 2.09 bits per heavy atom. The first-order valence-electron chi connectivity index (χ1n) is 3.30. The van der Waals surface area contributed by atoms with E-state index in [1.807, 2.05) is 0 Å². The topological polar surface area (TPSA) is 16.6 Å². The second-order valence-electron chi connectivity index (χ2n) is 2.42. The minimum Gasteiger partial charge on any atom is -0.253 e. The van der Waals surface area contributed by atoms with Crippen LogP contribution in [0.4, 0.5) is 13.2 Å². The third-order valence-corrected chi connectivity index (χ3v) is 1.45. The van der Waals surface area contributed by atoms with Crippen LogP contribution in [0.15, 0.2) is 24.3 Å².